The highest BCUT2D eigenvalue weighted by Crippen LogP contribution is 2.40. The van der Waals surface area contributed by atoms with E-state index in [4.69, 9.17) is 10.5 Å². The van der Waals surface area contributed by atoms with Gasteiger partial charge in [-0.15, -0.1) is 6.58 Å². The molecule has 2 nitrogen and oxygen atoms in total. The molecule has 2 heterocycles. The van der Waals surface area contributed by atoms with E-state index < -0.39 is 0 Å². The third-order valence-corrected chi connectivity index (χ3v) is 3.65. The molecular formula is C12H21NO. The van der Waals surface area contributed by atoms with Crippen molar-refractivity contribution >= 4 is 0 Å². The molecule has 2 aliphatic heterocycles. The highest BCUT2D eigenvalue weighted by atomic mass is 16.5. The van der Waals surface area contributed by atoms with Crippen LogP contribution in [0.2, 0.25) is 0 Å². The van der Waals surface area contributed by atoms with E-state index in [0.717, 1.165) is 12.8 Å². The molecule has 0 aromatic carbocycles. The topological polar surface area (TPSA) is 35.2 Å². The van der Waals surface area contributed by atoms with Crippen LogP contribution in [0.4, 0.5) is 0 Å². The zero-order valence-corrected chi connectivity index (χ0v) is 8.82. The van der Waals surface area contributed by atoms with Crippen LogP contribution in [0.5, 0.6) is 0 Å². The summed E-state index contributed by atoms with van der Waals surface area (Å²) in [6, 6.07) is 0.352. The van der Waals surface area contributed by atoms with Crippen molar-refractivity contribution < 1.29 is 4.74 Å². The summed E-state index contributed by atoms with van der Waals surface area (Å²) in [5, 5.41) is 0. The second-order valence-corrected chi connectivity index (χ2v) is 4.66. The molecule has 2 N–H and O–H groups in total. The van der Waals surface area contributed by atoms with Gasteiger partial charge in [-0.25, -0.2) is 0 Å². The summed E-state index contributed by atoms with van der Waals surface area (Å²) in [5.74, 6) is 0.638. The standard InChI is InChI=1S/C12H21NO/c1-2-3-4-5-11(13)10-8-9-6-7-12(10)14-9/h2,9-12H,1,3-8,13H2. The van der Waals surface area contributed by atoms with Crippen molar-refractivity contribution in [3.63, 3.8) is 0 Å². The maximum atomic E-state index is 6.19. The van der Waals surface area contributed by atoms with Crippen LogP contribution in [0, 0.1) is 5.92 Å². The summed E-state index contributed by atoms with van der Waals surface area (Å²) >= 11 is 0. The zero-order valence-electron chi connectivity index (χ0n) is 8.82. The molecule has 0 spiro atoms. The van der Waals surface area contributed by atoms with Crippen LogP contribution in [0.15, 0.2) is 12.7 Å². The van der Waals surface area contributed by atoms with Crippen molar-refractivity contribution in [2.45, 2.75) is 56.8 Å². The van der Waals surface area contributed by atoms with Crippen LogP contribution >= 0.6 is 0 Å². The first-order valence-corrected chi connectivity index (χ1v) is 5.83. The van der Waals surface area contributed by atoms with Crippen LogP contribution in [0.1, 0.15) is 38.5 Å². The summed E-state index contributed by atoms with van der Waals surface area (Å²) in [7, 11) is 0. The molecule has 0 saturated carbocycles. The molecule has 0 amide bonds. The Morgan fingerprint density at radius 3 is 2.93 bits per heavy atom. The molecule has 14 heavy (non-hydrogen) atoms. The SMILES string of the molecule is C=CCCCC(N)C1CC2CCC1O2. The minimum absolute atomic E-state index is 0.352. The Hall–Kier alpha value is -0.340. The largest absolute Gasteiger partial charge is 0.375 e. The molecule has 2 bridgehead atoms. The fraction of sp³-hybridized carbons (Fsp3) is 0.833. The van der Waals surface area contributed by atoms with Crippen molar-refractivity contribution in [1.82, 2.24) is 0 Å². The van der Waals surface area contributed by atoms with Gasteiger partial charge in [-0.3, -0.25) is 0 Å². The minimum Gasteiger partial charge on any atom is -0.375 e. The fourth-order valence-electron chi connectivity index (χ4n) is 2.84. The fourth-order valence-corrected chi connectivity index (χ4v) is 2.84. The monoisotopic (exact) mass is 195 g/mol. The van der Waals surface area contributed by atoms with E-state index in [9.17, 15) is 0 Å². The molecule has 0 aromatic rings. The summed E-state index contributed by atoms with van der Waals surface area (Å²) in [4.78, 5) is 0. The lowest BCUT2D eigenvalue weighted by Crippen LogP contribution is -2.36. The lowest BCUT2D eigenvalue weighted by atomic mass is 9.82. The Bertz CT molecular complexity index is 204. The third kappa shape index (κ3) is 2.01. The van der Waals surface area contributed by atoms with E-state index in [2.05, 4.69) is 6.58 Å². The van der Waals surface area contributed by atoms with Crippen LogP contribution < -0.4 is 5.73 Å². The van der Waals surface area contributed by atoms with Crippen LogP contribution in [0.3, 0.4) is 0 Å². The van der Waals surface area contributed by atoms with Gasteiger partial charge in [0.2, 0.25) is 0 Å². The van der Waals surface area contributed by atoms with Gasteiger partial charge in [0.25, 0.3) is 0 Å². The molecule has 4 unspecified atom stereocenters. The number of unbranched alkanes of at least 4 members (excludes halogenated alkanes) is 1. The first-order valence-electron chi connectivity index (χ1n) is 5.83. The zero-order chi connectivity index (χ0) is 9.97. The molecule has 2 aliphatic rings. The van der Waals surface area contributed by atoms with Crippen molar-refractivity contribution in [3.05, 3.63) is 12.7 Å². The average molecular weight is 195 g/mol. The number of rotatable bonds is 5. The van der Waals surface area contributed by atoms with E-state index in [1.54, 1.807) is 0 Å². The maximum Gasteiger partial charge on any atom is 0.0623 e. The van der Waals surface area contributed by atoms with Gasteiger partial charge in [-0.2, -0.15) is 0 Å². The second kappa shape index (κ2) is 4.45. The number of fused-ring (bicyclic) bond motifs is 2. The van der Waals surface area contributed by atoms with Gasteiger partial charge >= 0.3 is 0 Å². The van der Waals surface area contributed by atoms with E-state index in [1.165, 1.54) is 25.7 Å². The highest BCUT2D eigenvalue weighted by molar-refractivity contribution is 4.94. The Kier molecular flexibility index (Phi) is 3.24. The Morgan fingerprint density at radius 1 is 1.50 bits per heavy atom. The first-order chi connectivity index (χ1) is 6.81. The number of allylic oxidation sites excluding steroid dienone is 1. The summed E-state index contributed by atoms with van der Waals surface area (Å²) in [5.41, 5.74) is 6.19. The smallest absolute Gasteiger partial charge is 0.0623 e. The Morgan fingerprint density at radius 2 is 2.36 bits per heavy atom. The molecule has 4 atom stereocenters. The van der Waals surface area contributed by atoms with Crippen molar-refractivity contribution in [1.29, 1.82) is 0 Å². The number of nitrogens with two attached hydrogens (primary N) is 1. The third-order valence-electron chi connectivity index (χ3n) is 3.65. The predicted octanol–water partition coefficient (Wildman–Crippen LogP) is 2.24. The summed E-state index contributed by atoms with van der Waals surface area (Å²) in [6.45, 7) is 3.73. The molecule has 2 rings (SSSR count). The van der Waals surface area contributed by atoms with Gasteiger partial charge in [-0.1, -0.05) is 6.08 Å². The summed E-state index contributed by atoms with van der Waals surface area (Å²) in [6.07, 6.45) is 10.1. The number of hydrogen-bond donors (Lipinski definition) is 1. The lowest BCUT2D eigenvalue weighted by molar-refractivity contribution is 0.0878. The van der Waals surface area contributed by atoms with Crippen molar-refractivity contribution in [3.8, 4) is 0 Å². The van der Waals surface area contributed by atoms with Crippen molar-refractivity contribution in [2.24, 2.45) is 11.7 Å². The minimum atomic E-state index is 0.352. The van der Waals surface area contributed by atoms with Crippen LogP contribution in [-0.2, 0) is 4.74 Å². The van der Waals surface area contributed by atoms with Crippen LogP contribution in [-0.4, -0.2) is 18.2 Å². The average Bonchev–Trinajstić information content (AvgIpc) is 2.79. The molecule has 0 aromatic heterocycles. The molecule has 2 fully saturated rings. The molecule has 2 saturated heterocycles. The molecule has 0 aliphatic carbocycles. The van der Waals surface area contributed by atoms with Gasteiger partial charge in [0.15, 0.2) is 0 Å². The summed E-state index contributed by atoms with van der Waals surface area (Å²) < 4.78 is 5.81. The lowest BCUT2D eigenvalue weighted by Gasteiger charge is -2.25. The normalized spacial score (nSPS) is 37.4. The maximum absolute atomic E-state index is 6.19. The van der Waals surface area contributed by atoms with E-state index in [-0.39, 0.29) is 0 Å². The first kappa shape index (κ1) is 10.2. The van der Waals surface area contributed by atoms with Gasteiger partial charge < -0.3 is 10.5 Å². The number of hydrogen-bond acceptors (Lipinski definition) is 2. The van der Waals surface area contributed by atoms with E-state index in [1.807, 2.05) is 6.08 Å². The van der Waals surface area contributed by atoms with Gasteiger partial charge in [0.1, 0.15) is 0 Å². The molecule has 80 valence electrons. The van der Waals surface area contributed by atoms with Crippen LogP contribution in [0.25, 0.3) is 0 Å². The van der Waals surface area contributed by atoms with E-state index >= 15 is 0 Å². The quantitative estimate of drug-likeness (QED) is 0.539. The Labute approximate surface area is 86.5 Å². The predicted molar refractivity (Wildman–Crippen MR) is 58.0 cm³/mol. The Balaban J connectivity index is 1.75. The highest BCUT2D eigenvalue weighted by Gasteiger charge is 2.42. The number of ether oxygens (including phenoxy) is 1. The van der Waals surface area contributed by atoms with Crippen molar-refractivity contribution in [2.75, 3.05) is 0 Å². The molecule has 2 heteroatoms. The van der Waals surface area contributed by atoms with Gasteiger partial charge in [-0.05, 0) is 38.5 Å². The van der Waals surface area contributed by atoms with Gasteiger partial charge in [0.05, 0.1) is 12.2 Å². The molecule has 0 radical (unpaired) electrons. The van der Waals surface area contributed by atoms with E-state index in [0.29, 0.717) is 24.2 Å². The van der Waals surface area contributed by atoms with Gasteiger partial charge in [0, 0.05) is 12.0 Å². The molecular weight excluding hydrogens is 174 g/mol. The second-order valence-electron chi connectivity index (χ2n) is 4.66.